The standard InChI is InChI=1S/C25H26ClN5O4.C25H25ClN4O5.C24H24Cl2N4O4.C24H24ClFN4O4/c1-4-21(32)29-17-11-35-12-18(17)31-25-28-9-14-7-15(27-10-16(14)30-25)23-22(13-5-6-13)19(33-2)8-20(34-3)24(23)26;1-3-16(31)8-14-4-5-33-13-19(14)30-25-28-11-15-9-17(27-12-18(15)29-25)22-23(26)20(32-2)10-21-24(22)35-7-6-34-21;2*1-4-15(31)7-13-5-6-34-12-18(13)30-24-28-10-14-8-16(27-11-17(14)29-24)21-22(25)19(32-2)9-20(33-3)23(21)26/h4,7-10,13,17-18H,1,5-6,11-12H2,2-3H3,(H,29,32)(H,28,30,31);3,9-12,14,19H,1,4-8,13H2,2H3,(H,28,29,30);2*4,8-11,13,18H,1,5-7,12H2,2-3H3,(H,28,29,30)/t17-,18+;14-,19-;2*13-,18-/m0111/s1. The Hall–Kier alpha value is -13.1. The molecule has 4 saturated heterocycles. The molecule has 18 rings (SSSR count). The first kappa shape index (κ1) is 99.4. The average Bonchev–Trinajstić information content (AvgIpc) is 1.35. The Balaban J connectivity index is 0.000000140. The first-order valence-electron chi connectivity index (χ1n) is 44.1. The lowest BCUT2D eigenvalue weighted by Crippen LogP contribution is -2.45. The third kappa shape index (κ3) is 23.0. The lowest BCUT2D eigenvalue weighted by molar-refractivity contribution is -0.117. The predicted molar refractivity (Wildman–Crippen MR) is 524 cm³/mol. The number of nitrogens with zero attached hydrogens (tertiary/aromatic N) is 12. The van der Waals surface area contributed by atoms with E-state index in [-0.39, 0.29) is 93.3 Å². The molecule has 8 aromatic heterocycles. The van der Waals surface area contributed by atoms with Crippen molar-refractivity contribution in [3.63, 3.8) is 0 Å². The monoisotopic (exact) mass is 1980 g/mol. The van der Waals surface area contributed by atoms with E-state index >= 15 is 4.39 Å². The van der Waals surface area contributed by atoms with Crippen molar-refractivity contribution in [2.45, 2.75) is 87.5 Å². The SMILES string of the molecule is C=CC(=O)C[C@H]1CCOC[C@H]1Nc1ncc2cc(-c3c(Cl)c(OC)cc(OC)c3Cl)ncc2n1.C=CC(=O)C[C@H]1CCOC[C@H]1Nc1ncc2cc(-c3c(Cl)c(OC)cc4c3OCCO4)ncc2n1.C=CC(=O)C[C@H]1CCOC[C@H]1Nc1ncc2cc(-c3c(F)c(OC)cc(OC)c3Cl)ncc2n1.C=CC(=O)N[C@H]1COC[C@H]1Nc1ncc2cc(-c3c(Cl)c(OC)cc(OC)c3C3CC3)ncc2n1. The number of allylic oxidation sites excluding steroid dienone is 3. The number of amides is 1. The molecule has 4 aromatic carbocycles. The van der Waals surface area contributed by atoms with Crippen LogP contribution in [0.5, 0.6) is 51.7 Å². The van der Waals surface area contributed by atoms with Crippen LogP contribution in [0.2, 0.25) is 25.1 Å². The maximum atomic E-state index is 15.0. The summed E-state index contributed by atoms with van der Waals surface area (Å²) in [6, 6.07) is 13.2. The summed E-state index contributed by atoms with van der Waals surface area (Å²) in [6.45, 7) is 19.1. The van der Waals surface area contributed by atoms with Gasteiger partial charge < -0.3 is 88.2 Å². The molecule has 5 fully saturated rings. The number of hydrogen-bond donors (Lipinski definition) is 5. The molecular weight excluding hydrogens is 1880 g/mol. The molecule has 12 aromatic rings. The van der Waals surface area contributed by atoms with E-state index in [0.29, 0.717) is 231 Å². The Morgan fingerprint density at radius 3 is 1.10 bits per heavy atom. The molecule has 1 amide bonds. The number of aromatic nitrogens is 12. The van der Waals surface area contributed by atoms with E-state index in [2.05, 4.69) is 108 Å². The van der Waals surface area contributed by atoms with E-state index < -0.39 is 5.82 Å². The summed E-state index contributed by atoms with van der Waals surface area (Å²) in [5.74, 6) is 5.53. The van der Waals surface area contributed by atoms with Gasteiger partial charge in [0.15, 0.2) is 40.4 Å². The quantitative estimate of drug-likeness (QED) is 0.0252. The fourth-order valence-electron chi connectivity index (χ4n) is 16.6. The molecule has 5 N–H and O–H groups in total. The molecular formula is C98H99Cl5FN17O17. The third-order valence-electron chi connectivity index (χ3n) is 24.1. The van der Waals surface area contributed by atoms with Crippen LogP contribution in [0.1, 0.15) is 62.8 Å². The van der Waals surface area contributed by atoms with E-state index in [4.69, 9.17) is 125 Å². The van der Waals surface area contributed by atoms with Gasteiger partial charge in [0, 0.05) is 126 Å². The molecule has 5 aliphatic heterocycles. The number of ether oxygens (including phenoxy) is 13. The first-order chi connectivity index (χ1) is 67.0. The Morgan fingerprint density at radius 2 is 0.703 bits per heavy atom. The molecule has 0 bridgehead atoms. The van der Waals surface area contributed by atoms with Gasteiger partial charge >= 0.3 is 0 Å². The number of hydrogen-bond acceptors (Lipinski definition) is 33. The lowest BCUT2D eigenvalue weighted by atomic mass is 9.90. The number of carbonyl (C=O) groups excluding carboxylic acids is 4. The van der Waals surface area contributed by atoms with Gasteiger partial charge in [0.2, 0.25) is 29.7 Å². The van der Waals surface area contributed by atoms with Gasteiger partial charge in [-0.25, -0.2) is 44.3 Å². The largest absolute Gasteiger partial charge is 0.496 e. The van der Waals surface area contributed by atoms with Gasteiger partial charge in [-0.1, -0.05) is 84.3 Å². The first-order valence-corrected chi connectivity index (χ1v) is 46.0. The van der Waals surface area contributed by atoms with Gasteiger partial charge in [-0.2, -0.15) is 0 Å². The van der Waals surface area contributed by atoms with Crippen LogP contribution in [0.3, 0.4) is 0 Å². The predicted octanol–water partition coefficient (Wildman–Crippen LogP) is 17.3. The second-order valence-corrected chi connectivity index (χ2v) is 34.6. The fraction of sp³-hybridized carbons (Fsp3) is 0.347. The van der Waals surface area contributed by atoms with Crippen LogP contribution < -0.4 is 69.2 Å². The molecule has 0 unspecified atom stereocenters. The van der Waals surface area contributed by atoms with Crippen LogP contribution in [0.15, 0.2) is 149 Å². The number of ketones is 3. The van der Waals surface area contributed by atoms with Crippen molar-refractivity contribution in [3.8, 4) is 96.8 Å². The van der Waals surface area contributed by atoms with Gasteiger partial charge in [0.1, 0.15) is 47.7 Å². The average molecular weight is 1980 g/mol. The summed E-state index contributed by atoms with van der Waals surface area (Å²) in [7, 11) is 10.6. The molecule has 0 spiro atoms. The molecule has 8 atom stereocenters. The molecule has 720 valence electrons. The normalized spacial score (nSPS) is 18.6. The maximum Gasteiger partial charge on any atom is 0.243 e. The van der Waals surface area contributed by atoms with E-state index in [0.717, 1.165) is 65.1 Å². The van der Waals surface area contributed by atoms with Crippen molar-refractivity contribution in [3.05, 3.63) is 185 Å². The summed E-state index contributed by atoms with van der Waals surface area (Å²) >= 11 is 32.9. The van der Waals surface area contributed by atoms with E-state index in [9.17, 15) is 19.2 Å². The number of halogens is 6. The van der Waals surface area contributed by atoms with Gasteiger partial charge in [0.25, 0.3) is 0 Å². The van der Waals surface area contributed by atoms with Gasteiger partial charge in [0.05, 0.1) is 219 Å². The van der Waals surface area contributed by atoms with Gasteiger partial charge in [-0.3, -0.25) is 39.1 Å². The number of rotatable bonds is 31. The summed E-state index contributed by atoms with van der Waals surface area (Å²) in [5, 5.41) is 20.7. The molecule has 34 nitrogen and oxygen atoms in total. The molecule has 13 heterocycles. The highest BCUT2D eigenvalue weighted by atomic mass is 35.5. The fourth-order valence-corrected chi connectivity index (χ4v) is 18.2. The van der Waals surface area contributed by atoms with E-state index in [1.807, 2.05) is 18.2 Å². The maximum absolute atomic E-state index is 15.0. The molecule has 40 heteroatoms. The second-order valence-electron chi connectivity index (χ2n) is 32.7. The zero-order valence-corrected chi connectivity index (χ0v) is 80.2. The summed E-state index contributed by atoms with van der Waals surface area (Å²) in [6.07, 6.45) is 24.3. The zero-order valence-electron chi connectivity index (χ0n) is 76.4. The topological polar surface area (TPSA) is 403 Å². The molecule has 138 heavy (non-hydrogen) atoms. The minimum Gasteiger partial charge on any atom is -0.496 e. The van der Waals surface area contributed by atoms with Crippen molar-refractivity contribution < 1.29 is 85.1 Å². The Labute approximate surface area is 818 Å². The van der Waals surface area contributed by atoms with Crippen molar-refractivity contribution in [2.75, 3.05) is 137 Å². The van der Waals surface area contributed by atoms with Crippen molar-refractivity contribution >= 4 is 149 Å². The van der Waals surface area contributed by atoms with Crippen LogP contribution in [0.4, 0.5) is 28.2 Å². The number of anilines is 4. The minimum atomic E-state index is -0.642. The van der Waals surface area contributed by atoms with E-state index in [1.165, 1.54) is 65.0 Å². The van der Waals surface area contributed by atoms with Gasteiger partial charge in [-0.15, -0.1) is 0 Å². The Kier molecular flexibility index (Phi) is 33.1. The minimum absolute atomic E-state index is 0.00470. The smallest absolute Gasteiger partial charge is 0.243 e. The highest BCUT2D eigenvalue weighted by Crippen LogP contribution is 2.55. The highest BCUT2D eigenvalue weighted by Gasteiger charge is 2.37. The summed E-state index contributed by atoms with van der Waals surface area (Å²) < 4.78 is 86.6. The Morgan fingerprint density at radius 1 is 0.370 bits per heavy atom. The van der Waals surface area contributed by atoms with Gasteiger partial charge in [-0.05, 0) is 104 Å². The summed E-state index contributed by atoms with van der Waals surface area (Å²) in [4.78, 5) is 102. The molecule has 1 aliphatic carbocycles. The highest BCUT2D eigenvalue weighted by molar-refractivity contribution is 6.41. The number of nitrogens with one attached hydrogen (secondary N) is 5. The number of benzene rings is 4. The Bertz CT molecular complexity index is 6370. The molecule has 0 radical (unpaired) electrons. The number of carbonyl (C=O) groups is 4. The van der Waals surface area contributed by atoms with Crippen LogP contribution in [0.25, 0.3) is 88.6 Å². The van der Waals surface area contributed by atoms with Crippen molar-refractivity contribution in [1.82, 2.24) is 65.1 Å². The van der Waals surface area contributed by atoms with Crippen LogP contribution >= 0.6 is 58.0 Å². The number of fused-ring (bicyclic) bond motifs is 5. The molecule has 1 saturated carbocycles. The van der Waals surface area contributed by atoms with Crippen LogP contribution in [-0.4, -0.2) is 229 Å². The van der Waals surface area contributed by atoms with Crippen molar-refractivity contribution in [1.29, 1.82) is 0 Å². The lowest BCUT2D eigenvalue weighted by Gasteiger charge is -2.31. The van der Waals surface area contributed by atoms with E-state index in [1.54, 1.807) is 89.0 Å². The van der Waals surface area contributed by atoms with Crippen molar-refractivity contribution in [2.24, 2.45) is 17.8 Å². The number of pyridine rings is 4. The number of methoxy groups -OCH3 is 7. The van der Waals surface area contributed by atoms with Crippen LogP contribution in [0, 0.1) is 23.6 Å². The zero-order chi connectivity index (χ0) is 97.4. The second kappa shape index (κ2) is 45.9. The van der Waals surface area contributed by atoms with Crippen LogP contribution in [-0.2, 0) is 38.1 Å². The third-order valence-corrected chi connectivity index (χ3v) is 26.0. The summed E-state index contributed by atoms with van der Waals surface area (Å²) in [5.41, 5.74) is 7.69. The molecule has 6 aliphatic rings.